The monoisotopic (exact) mass is 267 g/mol. The van der Waals surface area contributed by atoms with Gasteiger partial charge in [0.15, 0.2) is 5.60 Å². The normalized spacial score (nSPS) is 18.4. The Morgan fingerprint density at radius 1 is 1.17 bits per heavy atom. The molecule has 6 heteroatoms. The summed E-state index contributed by atoms with van der Waals surface area (Å²) in [5.74, 6) is -0.133. The van der Waals surface area contributed by atoms with E-state index in [2.05, 4.69) is 0 Å². The maximum atomic E-state index is 12.0. The minimum absolute atomic E-state index is 0.0116. The Bertz CT molecular complexity index is 627. The number of ether oxygens (including phenoxy) is 1. The summed E-state index contributed by atoms with van der Waals surface area (Å²) in [5, 5.41) is 5.00. The lowest BCUT2D eigenvalue weighted by Gasteiger charge is -2.15. The molecule has 2 rings (SSSR count). The third kappa shape index (κ3) is 2.16. The highest BCUT2D eigenvalue weighted by Gasteiger charge is 2.37. The van der Waals surface area contributed by atoms with Crippen molar-refractivity contribution in [3.8, 4) is 0 Å². The Morgan fingerprint density at radius 2 is 1.72 bits per heavy atom. The van der Waals surface area contributed by atoms with Crippen LogP contribution in [-0.4, -0.2) is 19.8 Å². The number of primary sulfonamides is 1. The summed E-state index contributed by atoms with van der Waals surface area (Å²) < 4.78 is 27.5. The average molecular weight is 267 g/mol. The molecule has 0 saturated heterocycles. The molecule has 0 bridgehead atoms. The molecule has 5 nitrogen and oxygen atoms in total. The van der Waals surface area contributed by atoms with E-state index < -0.39 is 15.6 Å². The molecular formula is C12H13NO4S. The first-order chi connectivity index (χ1) is 8.22. The Balaban J connectivity index is 2.36. The van der Waals surface area contributed by atoms with Gasteiger partial charge in [0.05, 0.1) is 16.7 Å². The van der Waals surface area contributed by atoms with Gasteiger partial charge in [-0.25, -0.2) is 13.6 Å². The van der Waals surface area contributed by atoms with Crippen LogP contribution in [0.5, 0.6) is 0 Å². The molecule has 0 radical (unpaired) electrons. The van der Waals surface area contributed by atoms with Crippen LogP contribution in [0.25, 0.3) is 5.57 Å². The van der Waals surface area contributed by atoms with Crippen molar-refractivity contribution < 1.29 is 17.9 Å². The number of sulfonamides is 1. The van der Waals surface area contributed by atoms with Gasteiger partial charge in [0, 0.05) is 0 Å². The van der Waals surface area contributed by atoms with Crippen LogP contribution < -0.4 is 5.14 Å². The van der Waals surface area contributed by atoms with Crippen LogP contribution in [0.1, 0.15) is 19.4 Å². The van der Waals surface area contributed by atoms with E-state index in [0.29, 0.717) is 11.1 Å². The Labute approximate surface area is 105 Å². The molecule has 0 saturated carbocycles. The van der Waals surface area contributed by atoms with E-state index in [1.54, 1.807) is 13.8 Å². The van der Waals surface area contributed by atoms with Gasteiger partial charge < -0.3 is 4.74 Å². The number of benzene rings is 1. The third-order valence-electron chi connectivity index (χ3n) is 2.76. The van der Waals surface area contributed by atoms with Gasteiger partial charge in [-0.1, -0.05) is 12.1 Å². The molecule has 96 valence electrons. The number of hydrogen-bond donors (Lipinski definition) is 1. The van der Waals surface area contributed by atoms with Gasteiger partial charge in [-0.15, -0.1) is 0 Å². The van der Waals surface area contributed by atoms with E-state index in [-0.39, 0.29) is 10.7 Å². The van der Waals surface area contributed by atoms with Gasteiger partial charge in [-0.3, -0.25) is 4.79 Å². The summed E-state index contributed by atoms with van der Waals surface area (Å²) >= 11 is 0. The fraction of sp³-hybridized carbons (Fsp3) is 0.250. The molecule has 1 aromatic carbocycles. The van der Waals surface area contributed by atoms with Gasteiger partial charge in [0.1, 0.15) is 0 Å². The number of ketones is 1. The Hall–Kier alpha value is -1.66. The zero-order valence-electron chi connectivity index (χ0n) is 10.0. The fourth-order valence-electron chi connectivity index (χ4n) is 1.66. The van der Waals surface area contributed by atoms with Crippen LogP contribution in [0, 0.1) is 0 Å². The molecule has 0 amide bonds. The van der Waals surface area contributed by atoms with E-state index in [1.165, 1.54) is 30.5 Å². The highest BCUT2D eigenvalue weighted by Crippen LogP contribution is 2.31. The lowest BCUT2D eigenvalue weighted by molar-refractivity contribution is -0.125. The largest absolute Gasteiger partial charge is 0.487 e. The Morgan fingerprint density at radius 3 is 2.11 bits per heavy atom. The predicted molar refractivity (Wildman–Crippen MR) is 66.0 cm³/mol. The molecule has 0 aliphatic carbocycles. The summed E-state index contributed by atoms with van der Waals surface area (Å²) in [4.78, 5) is 12.0. The SMILES string of the molecule is CC1(C)OC=C(c2ccc(S(N)(=O)=O)cc2)C1=O. The van der Waals surface area contributed by atoms with Crippen molar-refractivity contribution in [1.29, 1.82) is 0 Å². The van der Waals surface area contributed by atoms with Crippen LogP contribution >= 0.6 is 0 Å². The van der Waals surface area contributed by atoms with Crippen molar-refractivity contribution in [3.05, 3.63) is 36.1 Å². The lowest BCUT2D eigenvalue weighted by atomic mass is 9.95. The number of nitrogens with two attached hydrogens (primary N) is 1. The first-order valence-corrected chi connectivity index (χ1v) is 6.82. The van der Waals surface area contributed by atoms with E-state index in [0.717, 1.165) is 0 Å². The molecule has 1 aliphatic rings. The number of hydrogen-bond acceptors (Lipinski definition) is 4. The van der Waals surface area contributed by atoms with Gasteiger partial charge in [0.2, 0.25) is 15.8 Å². The molecule has 1 heterocycles. The minimum Gasteiger partial charge on any atom is -0.487 e. The molecule has 1 aromatic rings. The van der Waals surface area contributed by atoms with E-state index >= 15 is 0 Å². The Kier molecular flexibility index (Phi) is 2.79. The topological polar surface area (TPSA) is 86.5 Å². The molecule has 0 spiro atoms. The summed E-state index contributed by atoms with van der Waals surface area (Å²) in [7, 11) is -3.72. The molecule has 0 atom stereocenters. The standard InChI is InChI=1S/C12H13NO4S/c1-12(2)11(14)10(7-17-12)8-3-5-9(6-4-8)18(13,15)16/h3-7H,1-2H3,(H2,13,15,16). The summed E-state index contributed by atoms with van der Waals surface area (Å²) in [5.41, 5.74) is 0.174. The summed E-state index contributed by atoms with van der Waals surface area (Å²) in [6.45, 7) is 3.36. The number of Topliss-reactive ketones (excluding diaryl/α,β-unsaturated/α-hetero) is 1. The molecule has 1 aliphatic heterocycles. The second-order valence-corrected chi connectivity index (χ2v) is 6.12. The second-order valence-electron chi connectivity index (χ2n) is 4.56. The first kappa shape index (κ1) is 12.8. The summed E-state index contributed by atoms with van der Waals surface area (Å²) in [6, 6.07) is 5.80. The maximum Gasteiger partial charge on any atom is 0.238 e. The first-order valence-electron chi connectivity index (χ1n) is 5.28. The van der Waals surface area contributed by atoms with Crippen LogP contribution in [0.2, 0.25) is 0 Å². The van der Waals surface area contributed by atoms with Crippen LogP contribution in [0.4, 0.5) is 0 Å². The highest BCUT2D eigenvalue weighted by atomic mass is 32.2. The highest BCUT2D eigenvalue weighted by molar-refractivity contribution is 7.89. The van der Waals surface area contributed by atoms with E-state index in [9.17, 15) is 13.2 Å². The maximum absolute atomic E-state index is 12.0. The minimum atomic E-state index is -3.72. The number of carbonyl (C=O) groups excluding carboxylic acids is 1. The van der Waals surface area contributed by atoms with E-state index in [4.69, 9.17) is 9.88 Å². The second kappa shape index (κ2) is 3.93. The van der Waals surface area contributed by atoms with Crippen molar-refractivity contribution in [2.75, 3.05) is 0 Å². The van der Waals surface area contributed by atoms with Gasteiger partial charge >= 0.3 is 0 Å². The molecule has 18 heavy (non-hydrogen) atoms. The van der Waals surface area contributed by atoms with Crippen molar-refractivity contribution in [2.24, 2.45) is 5.14 Å². The average Bonchev–Trinajstić information content (AvgIpc) is 2.53. The van der Waals surface area contributed by atoms with Gasteiger partial charge in [0.25, 0.3) is 0 Å². The number of rotatable bonds is 2. The van der Waals surface area contributed by atoms with Crippen LogP contribution in [0.3, 0.4) is 0 Å². The molecule has 0 aromatic heterocycles. The van der Waals surface area contributed by atoms with Crippen LogP contribution in [0.15, 0.2) is 35.4 Å². The molecule has 2 N–H and O–H groups in total. The smallest absolute Gasteiger partial charge is 0.238 e. The zero-order valence-corrected chi connectivity index (χ0v) is 10.8. The van der Waals surface area contributed by atoms with Crippen molar-refractivity contribution in [1.82, 2.24) is 0 Å². The predicted octanol–water partition coefficient (Wildman–Crippen LogP) is 1.05. The number of carbonyl (C=O) groups is 1. The fourth-order valence-corrected chi connectivity index (χ4v) is 2.18. The van der Waals surface area contributed by atoms with Crippen LogP contribution in [-0.2, 0) is 19.6 Å². The summed E-state index contributed by atoms with van der Waals surface area (Å²) in [6.07, 6.45) is 1.40. The molecule has 0 fully saturated rings. The van der Waals surface area contributed by atoms with Crippen molar-refractivity contribution >= 4 is 21.4 Å². The van der Waals surface area contributed by atoms with Gasteiger partial charge in [-0.05, 0) is 31.5 Å². The lowest BCUT2D eigenvalue weighted by Crippen LogP contribution is -2.28. The van der Waals surface area contributed by atoms with Gasteiger partial charge in [-0.2, -0.15) is 0 Å². The van der Waals surface area contributed by atoms with E-state index in [1.807, 2.05) is 0 Å². The zero-order chi connectivity index (χ0) is 13.6. The quantitative estimate of drug-likeness (QED) is 0.867. The van der Waals surface area contributed by atoms with Crippen molar-refractivity contribution in [2.45, 2.75) is 24.3 Å². The molecule has 0 unspecified atom stereocenters. The van der Waals surface area contributed by atoms with Crippen molar-refractivity contribution in [3.63, 3.8) is 0 Å². The third-order valence-corrected chi connectivity index (χ3v) is 3.69. The molecular weight excluding hydrogens is 254 g/mol.